The van der Waals surface area contributed by atoms with E-state index >= 15 is 0 Å². The molecule has 0 heterocycles. The minimum Gasteiger partial charge on any atom is -0.344 e. The van der Waals surface area contributed by atoms with Crippen LogP contribution in [-0.2, 0) is 16.1 Å². The lowest BCUT2D eigenvalue weighted by Gasteiger charge is -2.09. The van der Waals surface area contributed by atoms with Crippen molar-refractivity contribution in [3.05, 3.63) is 63.0 Å². The molecule has 0 unspecified atom stereocenters. The number of halogens is 2. The summed E-state index contributed by atoms with van der Waals surface area (Å²) in [5.41, 5.74) is 1.77. The van der Waals surface area contributed by atoms with Crippen molar-refractivity contribution >= 4 is 40.1 Å². The predicted molar refractivity (Wildman–Crippen MR) is 90.8 cm³/mol. The molecule has 0 aliphatic heterocycles. The van der Waals surface area contributed by atoms with E-state index in [-0.39, 0.29) is 6.54 Å². The highest BCUT2D eigenvalue weighted by molar-refractivity contribution is 14.1. The van der Waals surface area contributed by atoms with Crippen molar-refractivity contribution in [2.75, 3.05) is 5.32 Å². The zero-order valence-corrected chi connectivity index (χ0v) is 14.0. The molecule has 0 aromatic heterocycles. The lowest BCUT2D eigenvalue weighted by atomic mass is 10.2. The Morgan fingerprint density at radius 1 is 1.14 bits per heavy atom. The predicted octanol–water partition coefficient (Wildman–Crippen LogP) is 2.99. The monoisotopic (exact) mass is 412 g/mol. The summed E-state index contributed by atoms with van der Waals surface area (Å²) in [5, 5.41) is 4.94. The van der Waals surface area contributed by atoms with Crippen LogP contribution in [-0.4, -0.2) is 11.8 Å². The van der Waals surface area contributed by atoms with Crippen LogP contribution in [0.5, 0.6) is 0 Å². The van der Waals surface area contributed by atoms with E-state index in [1.54, 1.807) is 24.3 Å². The van der Waals surface area contributed by atoms with E-state index in [1.807, 2.05) is 19.1 Å². The molecule has 2 amide bonds. The molecule has 114 valence electrons. The van der Waals surface area contributed by atoms with Gasteiger partial charge in [-0.25, -0.2) is 4.39 Å². The third kappa shape index (κ3) is 4.27. The fraction of sp³-hybridized carbons (Fsp3) is 0.125. The summed E-state index contributed by atoms with van der Waals surface area (Å²) < 4.78 is 14.5. The number of hydrogen-bond donors (Lipinski definition) is 2. The minimum absolute atomic E-state index is 0.0371. The van der Waals surface area contributed by atoms with E-state index in [9.17, 15) is 14.0 Å². The maximum absolute atomic E-state index is 13.4. The number of carbonyl (C=O) groups excluding carboxylic acids is 2. The van der Waals surface area contributed by atoms with E-state index in [0.29, 0.717) is 11.3 Å². The maximum Gasteiger partial charge on any atom is 0.313 e. The molecule has 0 spiro atoms. The first-order valence-electron chi connectivity index (χ1n) is 6.56. The standard InChI is InChI=1S/C16H14FIN2O2/c1-10-8-12(18)6-7-14(10)20-16(22)15(21)19-9-11-4-2-3-5-13(11)17/h2-8H,9H2,1H3,(H,19,21)(H,20,22). The molecular formula is C16H14FIN2O2. The Hall–Kier alpha value is -1.96. The molecule has 2 rings (SSSR count). The van der Waals surface area contributed by atoms with Crippen LogP contribution in [0.15, 0.2) is 42.5 Å². The van der Waals surface area contributed by atoms with Gasteiger partial charge in [0, 0.05) is 21.4 Å². The number of anilines is 1. The molecule has 0 fully saturated rings. The molecule has 0 bridgehead atoms. The van der Waals surface area contributed by atoms with Crippen LogP contribution in [0.3, 0.4) is 0 Å². The van der Waals surface area contributed by atoms with Crippen LogP contribution in [0.2, 0.25) is 0 Å². The highest BCUT2D eigenvalue weighted by Crippen LogP contribution is 2.17. The number of nitrogens with one attached hydrogen (secondary N) is 2. The second-order valence-corrected chi connectivity index (χ2v) is 5.93. The van der Waals surface area contributed by atoms with Crippen molar-refractivity contribution < 1.29 is 14.0 Å². The minimum atomic E-state index is -0.804. The zero-order valence-electron chi connectivity index (χ0n) is 11.8. The average Bonchev–Trinajstić information content (AvgIpc) is 2.49. The van der Waals surface area contributed by atoms with E-state index < -0.39 is 17.6 Å². The van der Waals surface area contributed by atoms with Crippen LogP contribution < -0.4 is 10.6 Å². The van der Waals surface area contributed by atoms with Gasteiger partial charge < -0.3 is 10.6 Å². The summed E-state index contributed by atoms with van der Waals surface area (Å²) in [5.74, 6) is -2.00. The number of hydrogen-bond acceptors (Lipinski definition) is 2. The molecular weight excluding hydrogens is 398 g/mol. The van der Waals surface area contributed by atoms with Gasteiger partial charge in [-0.3, -0.25) is 9.59 Å². The highest BCUT2D eigenvalue weighted by Gasteiger charge is 2.15. The van der Waals surface area contributed by atoms with Crippen molar-refractivity contribution in [1.29, 1.82) is 0 Å². The molecule has 0 atom stereocenters. The molecule has 2 N–H and O–H groups in total. The molecule has 4 nitrogen and oxygen atoms in total. The number of carbonyl (C=O) groups is 2. The van der Waals surface area contributed by atoms with E-state index in [2.05, 4.69) is 33.2 Å². The van der Waals surface area contributed by atoms with E-state index in [1.165, 1.54) is 6.07 Å². The van der Waals surface area contributed by atoms with Gasteiger partial charge in [0.1, 0.15) is 5.82 Å². The molecule has 0 saturated carbocycles. The maximum atomic E-state index is 13.4. The number of benzene rings is 2. The van der Waals surface area contributed by atoms with Gasteiger partial charge in [-0.05, 0) is 59.3 Å². The lowest BCUT2D eigenvalue weighted by Crippen LogP contribution is -2.35. The molecule has 2 aromatic carbocycles. The fourth-order valence-corrected chi connectivity index (χ4v) is 2.49. The quantitative estimate of drug-likeness (QED) is 0.602. The van der Waals surface area contributed by atoms with Gasteiger partial charge in [0.25, 0.3) is 0 Å². The summed E-state index contributed by atoms with van der Waals surface area (Å²) >= 11 is 2.16. The van der Waals surface area contributed by atoms with Gasteiger partial charge in [-0.2, -0.15) is 0 Å². The third-order valence-corrected chi connectivity index (χ3v) is 3.71. The van der Waals surface area contributed by atoms with Gasteiger partial charge >= 0.3 is 11.8 Å². The van der Waals surface area contributed by atoms with Crippen LogP contribution in [0.4, 0.5) is 10.1 Å². The molecule has 0 radical (unpaired) electrons. The summed E-state index contributed by atoms with van der Waals surface area (Å²) in [4.78, 5) is 23.6. The molecule has 22 heavy (non-hydrogen) atoms. The molecule has 6 heteroatoms. The summed E-state index contributed by atoms with van der Waals surface area (Å²) in [6.45, 7) is 1.81. The smallest absolute Gasteiger partial charge is 0.313 e. The molecule has 2 aromatic rings. The van der Waals surface area contributed by atoms with Crippen molar-refractivity contribution in [3.63, 3.8) is 0 Å². The molecule has 0 saturated heterocycles. The summed E-state index contributed by atoms with van der Waals surface area (Å²) in [6, 6.07) is 11.5. The van der Waals surface area contributed by atoms with Crippen LogP contribution in [0, 0.1) is 16.3 Å². The first-order valence-corrected chi connectivity index (χ1v) is 7.64. The van der Waals surface area contributed by atoms with Crippen molar-refractivity contribution in [3.8, 4) is 0 Å². The molecule has 0 aliphatic rings. The van der Waals surface area contributed by atoms with Crippen molar-refractivity contribution in [2.24, 2.45) is 0 Å². The highest BCUT2D eigenvalue weighted by atomic mass is 127. The Kier molecular flexibility index (Phi) is 5.48. The second kappa shape index (κ2) is 7.35. The fourth-order valence-electron chi connectivity index (χ4n) is 1.84. The zero-order chi connectivity index (χ0) is 16.1. The Morgan fingerprint density at radius 2 is 1.86 bits per heavy atom. The lowest BCUT2D eigenvalue weighted by molar-refractivity contribution is -0.136. The Labute approximate surface area is 141 Å². The number of rotatable bonds is 3. The number of aryl methyl sites for hydroxylation is 1. The van der Waals surface area contributed by atoms with E-state index in [0.717, 1.165) is 9.13 Å². The SMILES string of the molecule is Cc1cc(I)ccc1NC(=O)C(=O)NCc1ccccc1F. The topological polar surface area (TPSA) is 58.2 Å². The largest absolute Gasteiger partial charge is 0.344 e. The molecule has 0 aliphatic carbocycles. The first-order chi connectivity index (χ1) is 10.5. The van der Waals surface area contributed by atoms with Crippen LogP contribution in [0.1, 0.15) is 11.1 Å². The first kappa shape index (κ1) is 16.4. The van der Waals surface area contributed by atoms with Gasteiger partial charge in [-0.1, -0.05) is 18.2 Å². The number of amides is 2. The Balaban J connectivity index is 1.95. The van der Waals surface area contributed by atoms with Gasteiger partial charge in [0.05, 0.1) is 0 Å². The Morgan fingerprint density at radius 3 is 2.55 bits per heavy atom. The summed E-state index contributed by atoms with van der Waals surface area (Å²) in [7, 11) is 0. The van der Waals surface area contributed by atoms with Crippen molar-refractivity contribution in [1.82, 2.24) is 5.32 Å². The third-order valence-electron chi connectivity index (χ3n) is 3.04. The van der Waals surface area contributed by atoms with Gasteiger partial charge in [0.2, 0.25) is 0 Å². The van der Waals surface area contributed by atoms with Gasteiger partial charge in [-0.15, -0.1) is 0 Å². The van der Waals surface area contributed by atoms with Crippen LogP contribution in [0.25, 0.3) is 0 Å². The van der Waals surface area contributed by atoms with Gasteiger partial charge in [0.15, 0.2) is 0 Å². The van der Waals surface area contributed by atoms with Crippen LogP contribution >= 0.6 is 22.6 Å². The second-order valence-electron chi connectivity index (χ2n) is 4.69. The van der Waals surface area contributed by atoms with Crippen molar-refractivity contribution in [2.45, 2.75) is 13.5 Å². The summed E-state index contributed by atoms with van der Waals surface area (Å²) in [6.07, 6.45) is 0. The normalized spacial score (nSPS) is 10.1. The average molecular weight is 412 g/mol. The Bertz CT molecular complexity index is 719. The van der Waals surface area contributed by atoms with E-state index in [4.69, 9.17) is 0 Å².